The van der Waals surface area contributed by atoms with Crippen LogP contribution in [0, 0.1) is 17.0 Å². The number of esters is 1. The van der Waals surface area contributed by atoms with Gasteiger partial charge in [0.15, 0.2) is 6.10 Å². The number of ether oxygens (including phenoxy) is 1. The van der Waals surface area contributed by atoms with Crippen molar-refractivity contribution in [2.45, 2.75) is 20.0 Å². The number of nitro groups is 1. The largest absolute Gasteiger partial charge is 0.454 e. The Morgan fingerprint density at radius 1 is 1.26 bits per heavy atom. The Labute approximate surface area is 131 Å². The van der Waals surface area contributed by atoms with Crippen molar-refractivity contribution < 1.29 is 23.7 Å². The van der Waals surface area contributed by atoms with Gasteiger partial charge in [-0.2, -0.15) is 0 Å². The lowest BCUT2D eigenvalue weighted by atomic mass is 10.2. The first-order valence-electron chi connectivity index (χ1n) is 6.70. The third-order valence-corrected chi connectivity index (χ3v) is 2.95. The first kappa shape index (κ1) is 16.2. The maximum atomic E-state index is 12.0. The van der Waals surface area contributed by atoms with Gasteiger partial charge in [-0.05, 0) is 32.0 Å². The molecule has 0 saturated carbocycles. The molecule has 1 aromatic carbocycles. The topological polar surface area (TPSA) is 112 Å². The highest BCUT2D eigenvalue weighted by molar-refractivity contribution is 5.98. The molecular weight excluding hydrogens is 304 g/mol. The summed E-state index contributed by atoms with van der Waals surface area (Å²) in [4.78, 5) is 34.1. The van der Waals surface area contributed by atoms with Crippen LogP contribution in [0.25, 0.3) is 0 Å². The quantitative estimate of drug-likeness (QED) is 0.515. The summed E-state index contributed by atoms with van der Waals surface area (Å²) in [5.41, 5.74) is -0.222. The highest BCUT2D eigenvalue weighted by Crippen LogP contribution is 2.23. The third kappa shape index (κ3) is 3.94. The number of hydrogen-bond acceptors (Lipinski definition) is 6. The van der Waals surface area contributed by atoms with Crippen LogP contribution in [0.5, 0.6) is 0 Å². The number of amides is 1. The van der Waals surface area contributed by atoms with E-state index in [0.29, 0.717) is 5.76 Å². The summed E-state index contributed by atoms with van der Waals surface area (Å²) in [6.45, 7) is 3.03. The highest BCUT2D eigenvalue weighted by atomic mass is 16.6. The zero-order chi connectivity index (χ0) is 17.0. The molecule has 1 amide bonds. The molecule has 0 fully saturated rings. The van der Waals surface area contributed by atoms with E-state index in [0.717, 1.165) is 0 Å². The fraction of sp³-hybridized carbons (Fsp3) is 0.200. The Hall–Kier alpha value is -3.16. The van der Waals surface area contributed by atoms with E-state index in [-0.39, 0.29) is 17.1 Å². The Kier molecular flexibility index (Phi) is 4.75. The Morgan fingerprint density at radius 2 is 1.96 bits per heavy atom. The van der Waals surface area contributed by atoms with Gasteiger partial charge in [0.25, 0.3) is 11.6 Å². The fourth-order valence-electron chi connectivity index (χ4n) is 1.79. The van der Waals surface area contributed by atoms with Crippen molar-refractivity contribution in [1.82, 2.24) is 0 Å². The summed E-state index contributed by atoms with van der Waals surface area (Å²) < 4.78 is 10.1. The molecule has 0 spiro atoms. The van der Waals surface area contributed by atoms with Crippen LogP contribution in [-0.4, -0.2) is 22.9 Å². The molecule has 1 N–H and O–H groups in total. The molecule has 1 heterocycles. The Bertz CT molecular complexity index is 752. The average Bonchev–Trinajstić information content (AvgIpc) is 2.94. The first-order chi connectivity index (χ1) is 10.9. The van der Waals surface area contributed by atoms with E-state index in [2.05, 4.69) is 5.32 Å². The number of carbonyl (C=O) groups excluding carboxylic acids is 2. The van der Waals surface area contributed by atoms with E-state index >= 15 is 0 Å². The third-order valence-electron chi connectivity index (χ3n) is 2.95. The summed E-state index contributed by atoms with van der Waals surface area (Å²) in [5, 5.41) is 13.3. The van der Waals surface area contributed by atoms with Crippen LogP contribution in [0.15, 0.2) is 40.8 Å². The molecule has 8 heteroatoms. The predicted octanol–water partition coefficient (Wildman–Crippen LogP) is 2.68. The standard InChI is InChI=1S/C15H14N2O6/c1-9-7-8-13(22-9)15(19)23-10(2)14(18)16-11-5-3-4-6-12(11)17(20)21/h3-8,10H,1-2H3,(H,16,18). The van der Waals surface area contributed by atoms with E-state index in [1.165, 1.54) is 31.2 Å². The lowest BCUT2D eigenvalue weighted by Gasteiger charge is -2.12. The van der Waals surface area contributed by atoms with Crippen molar-refractivity contribution in [3.05, 3.63) is 58.0 Å². The minimum atomic E-state index is -1.15. The van der Waals surface area contributed by atoms with Gasteiger partial charge in [0.05, 0.1) is 4.92 Å². The van der Waals surface area contributed by atoms with Crippen LogP contribution in [0.1, 0.15) is 23.2 Å². The zero-order valence-electron chi connectivity index (χ0n) is 12.4. The molecule has 1 unspecified atom stereocenters. The summed E-state index contributed by atoms with van der Waals surface area (Å²) >= 11 is 0. The van der Waals surface area contributed by atoms with Gasteiger partial charge < -0.3 is 14.5 Å². The average molecular weight is 318 g/mol. The molecule has 120 valence electrons. The van der Waals surface area contributed by atoms with Gasteiger partial charge in [-0.25, -0.2) is 4.79 Å². The predicted molar refractivity (Wildman–Crippen MR) is 80.0 cm³/mol. The van der Waals surface area contributed by atoms with Crippen LogP contribution >= 0.6 is 0 Å². The maximum absolute atomic E-state index is 12.0. The molecule has 0 aliphatic rings. The normalized spacial score (nSPS) is 11.6. The SMILES string of the molecule is Cc1ccc(C(=O)OC(C)C(=O)Nc2ccccc2[N+](=O)[O-])o1. The van der Waals surface area contributed by atoms with Gasteiger partial charge in [-0.3, -0.25) is 14.9 Å². The van der Waals surface area contributed by atoms with Crippen LogP contribution < -0.4 is 5.32 Å². The van der Waals surface area contributed by atoms with E-state index in [1.807, 2.05) is 0 Å². The number of benzene rings is 1. The van der Waals surface area contributed by atoms with E-state index < -0.39 is 22.9 Å². The van der Waals surface area contributed by atoms with E-state index in [4.69, 9.17) is 9.15 Å². The van der Waals surface area contributed by atoms with Gasteiger partial charge in [-0.1, -0.05) is 12.1 Å². The molecule has 1 atom stereocenters. The van der Waals surface area contributed by atoms with Gasteiger partial charge in [0, 0.05) is 6.07 Å². The summed E-state index contributed by atoms with van der Waals surface area (Å²) in [7, 11) is 0. The monoisotopic (exact) mass is 318 g/mol. The van der Waals surface area contributed by atoms with Gasteiger partial charge in [0.1, 0.15) is 11.4 Å². The fourth-order valence-corrected chi connectivity index (χ4v) is 1.79. The van der Waals surface area contributed by atoms with Crippen molar-refractivity contribution in [2.75, 3.05) is 5.32 Å². The second kappa shape index (κ2) is 6.73. The van der Waals surface area contributed by atoms with Crippen molar-refractivity contribution >= 4 is 23.3 Å². The van der Waals surface area contributed by atoms with Gasteiger partial charge in [0.2, 0.25) is 5.76 Å². The number of para-hydroxylation sites is 2. The van der Waals surface area contributed by atoms with Crippen LogP contribution in [0.3, 0.4) is 0 Å². The smallest absolute Gasteiger partial charge is 0.375 e. The Morgan fingerprint density at radius 3 is 2.57 bits per heavy atom. The Balaban J connectivity index is 2.03. The molecule has 23 heavy (non-hydrogen) atoms. The molecule has 0 bridgehead atoms. The number of anilines is 1. The van der Waals surface area contributed by atoms with Crippen LogP contribution in [-0.2, 0) is 9.53 Å². The lowest BCUT2D eigenvalue weighted by molar-refractivity contribution is -0.383. The number of nitrogens with zero attached hydrogens (tertiary/aromatic N) is 1. The van der Waals surface area contributed by atoms with Crippen molar-refractivity contribution in [3.8, 4) is 0 Å². The highest BCUT2D eigenvalue weighted by Gasteiger charge is 2.23. The molecule has 0 saturated heterocycles. The zero-order valence-corrected chi connectivity index (χ0v) is 12.4. The molecule has 8 nitrogen and oxygen atoms in total. The summed E-state index contributed by atoms with van der Waals surface area (Å²) in [6, 6.07) is 8.71. The lowest BCUT2D eigenvalue weighted by Crippen LogP contribution is -2.30. The molecule has 1 aromatic heterocycles. The van der Waals surface area contributed by atoms with E-state index in [9.17, 15) is 19.7 Å². The second-order valence-electron chi connectivity index (χ2n) is 4.72. The number of rotatable bonds is 5. The van der Waals surface area contributed by atoms with Crippen LogP contribution in [0.4, 0.5) is 11.4 Å². The van der Waals surface area contributed by atoms with Gasteiger partial charge in [-0.15, -0.1) is 0 Å². The number of nitrogens with one attached hydrogen (secondary N) is 1. The molecule has 0 radical (unpaired) electrons. The number of aryl methyl sites for hydroxylation is 1. The first-order valence-corrected chi connectivity index (χ1v) is 6.70. The number of carbonyl (C=O) groups is 2. The number of nitro benzene ring substituents is 1. The molecular formula is C15H14N2O6. The van der Waals surface area contributed by atoms with Crippen molar-refractivity contribution in [2.24, 2.45) is 0 Å². The number of furan rings is 1. The minimum absolute atomic E-state index is 0.0205. The maximum Gasteiger partial charge on any atom is 0.375 e. The molecule has 0 aliphatic carbocycles. The summed E-state index contributed by atoms with van der Waals surface area (Å²) in [6.07, 6.45) is -1.15. The molecule has 2 aromatic rings. The van der Waals surface area contributed by atoms with E-state index in [1.54, 1.807) is 19.1 Å². The summed E-state index contributed by atoms with van der Waals surface area (Å²) in [5.74, 6) is -0.957. The second-order valence-corrected chi connectivity index (χ2v) is 4.72. The van der Waals surface area contributed by atoms with Crippen molar-refractivity contribution in [1.29, 1.82) is 0 Å². The minimum Gasteiger partial charge on any atom is -0.454 e. The van der Waals surface area contributed by atoms with Gasteiger partial charge >= 0.3 is 5.97 Å². The number of hydrogen-bond donors (Lipinski definition) is 1. The molecule has 2 rings (SSSR count). The van der Waals surface area contributed by atoms with Crippen molar-refractivity contribution in [3.63, 3.8) is 0 Å². The van der Waals surface area contributed by atoms with Crippen LogP contribution in [0.2, 0.25) is 0 Å². The molecule has 0 aliphatic heterocycles.